The predicted molar refractivity (Wildman–Crippen MR) is 103 cm³/mol. The van der Waals surface area contributed by atoms with Crippen molar-refractivity contribution in [1.29, 1.82) is 0 Å². The molecule has 4 nitrogen and oxygen atoms in total. The van der Waals surface area contributed by atoms with Crippen molar-refractivity contribution in [2.45, 2.75) is 55.8 Å². The zero-order valence-corrected chi connectivity index (χ0v) is 16.4. The molecule has 1 aromatic carbocycles. The molecule has 152 valence electrons. The molecule has 8 heteroatoms. The van der Waals surface area contributed by atoms with Gasteiger partial charge in [-0.05, 0) is 12.5 Å². The molecule has 0 aliphatic carbocycles. The summed E-state index contributed by atoms with van der Waals surface area (Å²) in [4.78, 5) is 25.2. The van der Waals surface area contributed by atoms with E-state index in [1.54, 1.807) is 0 Å². The van der Waals surface area contributed by atoms with E-state index in [1.807, 2.05) is 0 Å². The Kier molecular flexibility index (Phi) is 6.69. The van der Waals surface area contributed by atoms with Crippen molar-refractivity contribution in [2.75, 3.05) is 13.3 Å². The van der Waals surface area contributed by atoms with Crippen LogP contribution in [0.5, 0.6) is 0 Å². The number of benzene rings is 1. The van der Waals surface area contributed by atoms with Gasteiger partial charge in [-0.25, -0.2) is 18.0 Å². The minimum Gasteiger partial charge on any atom is -0.462 e. The third-order valence-electron chi connectivity index (χ3n) is 4.81. The van der Waals surface area contributed by atoms with Crippen LogP contribution in [0.15, 0.2) is 22.0 Å². The average Bonchev–Trinajstić information content (AvgIpc) is 2.65. The van der Waals surface area contributed by atoms with Crippen molar-refractivity contribution in [3.8, 4) is 0 Å². The molecule has 2 aromatic rings. The molecule has 0 saturated heterocycles. The third-order valence-corrected chi connectivity index (χ3v) is 6.04. The van der Waals surface area contributed by atoms with Gasteiger partial charge in [0.2, 0.25) is 5.43 Å². The fraction of sp³-hybridized carbons (Fsp3) is 0.500. The number of ether oxygens (including phenoxy) is 1. The van der Waals surface area contributed by atoms with Crippen LogP contribution >= 0.6 is 11.8 Å². The lowest BCUT2D eigenvalue weighted by Gasteiger charge is -2.33. The van der Waals surface area contributed by atoms with Gasteiger partial charge in [-0.15, -0.1) is 0 Å². The van der Waals surface area contributed by atoms with Crippen molar-refractivity contribution in [2.24, 2.45) is 0 Å². The van der Waals surface area contributed by atoms with Gasteiger partial charge >= 0.3 is 5.97 Å². The van der Waals surface area contributed by atoms with Crippen LogP contribution in [-0.4, -0.2) is 23.8 Å². The average molecular weight is 413 g/mol. The Morgan fingerprint density at radius 1 is 1.14 bits per heavy atom. The molecule has 0 amide bonds. The van der Waals surface area contributed by atoms with E-state index in [9.17, 15) is 22.8 Å². The maximum atomic E-state index is 13.6. The van der Waals surface area contributed by atoms with Gasteiger partial charge in [0.15, 0.2) is 11.6 Å². The summed E-state index contributed by atoms with van der Waals surface area (Å²) in [5, 5.41) is -0.611. The number of thioether (sulfide) groups is 1. The standard InChI is InChI=1S/C20H22F3NO3S/c1-2-3-4-5-6-7-8-27-20(26)17-18(25)12-9-13(22)14(23)10-15(12)24-16(11-21)28-19(17)24/h9-10,16H,2-8,11H2,1H3. The van der Waals surface area contributed by atoms with Crippen molar-refractivity contribution >= 4 is 28.6 Å². The molecule has 0 radical (unpaired) electrons. The van der Waals surface area contributed by atoms with E-state index in [0.29, 0.717) is 6.42 Å². The number of nitrogens with zero attached hydrogens (tertiary/aromatic N) is 1. The van der Waals surface area contributed by atoms with Crippen molar-refractivity contribution < 1.29 is 22.7 Å². The van der Waals surface area contributed by atoms with E-state index in [0.717, 1.165) is 49.6 Å². The fourth-order valence-electron chi connectivity index (χ4n) is 3.31. The smallest absolute Gasteiger partial charge is 0.344 e. The van der Waals surface area contributed by atoms with Gasteiger partial charge < -0.3 is 9.30 Å². The number of fused-ring (bicyclic) bond motifs is 3. The second-order valence-corrected chi connectivity index (χ2v) is 7.96. The Morgan fingerprint density at radius 3 is 2.54 bits per heavy atom. The highest BCUT2D eigenvalue weighted by atomic mass is 32.2. The number of rotatable bonds is 9. The summed E-state index contributed by atoms with van der Waals surface area (Å²) in [5.41, 5.74) is -0.884. The summed E-state index contributed by atoms with van der Waals surface area (Å²) >= 11 is 1.02. The zero-order valence-electron chi connectivity index (χ0n) is 15.6. The Labute approximate surface area is 165 Å². The highest BCUT2D eigenvalue weighted by Crippen LogP contribution is 2.47. The summed E-state index contributed by atoms with van der Waals surface area (Å²) in [5.74, 6) is -3.13. The Balaban J connectivity index is 1.83. The monoisotopic (exact) mass is 413 g/mol. The number of alkyl halides is 1. The molecule has 0 fully saturated rings. The van der Waals surface area contributed by atoms with Gasteiger partial charge in [0.1, 0.15) is 17.6 Å². The molecular weight excluding hydrogens is 391 g/mol. The van der Waals surface area contributed by atoms with Crippen LogP contribution in [0.3, 0.4) is 0 Å². The van der Waals surface area contributed by atoms with Crippen LogP contribution in [0.4, 0.5) is 13.2 Å². The first-order chi connectivity index (χ1) is 13.5. The second kappa shape index (κ2) is 9.03. The molecule has 2 heterocycles. The third kappa shape index (κ3) is 3.92. The molecule has 1 aromatic heterocycles. The normalized spacial score (nSPS) is 15.4. The Hall–Kier alpha value is -1.96. The number of esters is 1. The molecule has 0 bridgehead atoms. The van der Waals surface area contributed by atoms with E-state index in [1.165, 1.54) is 11.0 Å². The van der Waals surface area contributed by atoms with Gasteiger partial charge in [-0.1, -0.05) is 50.8 Å². The van der Waals surface area contributed by atoms with Crippen molar-refractivity contribution in [1.82, 2.24) is 4.57 Å². The number of hydrogen-bond acceptors (Lipinski definition) is 4. The molecular formula is C20H22F3NO3S. The maximum absolute atomic E-state index is 13.6. The quantitative estimate of drug-likeness (QED) is 0.410. The van der Waals surface area contributed by atoms with E-state index < -0.39 is 35.1 Å². The summed E-state index contributed by atoms with van der Waals surface area (Å²) in [7, 11) is 0. The summed E-state index contributed by atoms with van der Waals surface area (Å²) < 4.78 is 47.1. The highest BCUT2D eigenvalue weighted by molar-refractivity contribution is 8.00. The summed E-state index contributed by atoms with van der Waals surface area (Å²) in [6.07, 6.45) is 6.11. The van der Waals surface area contributed by atoms with Gasteiger partial charge in [0, 0.05) is 11.5 Å². The maximum Gasteiger partial charge on any atom is 0.344 e. The first-order valence-corrected chi connectivity index (χ1v) is 10.3. The van der Waals surface area contributed by atoms with Crippen LogP contribution in [0.25, 0.3) is 10.9 Å². The fourth-order valence-corrected chi connectivity index (χ4v) is 4.43. The highest BCUT2D eigenvalue weighted by Gasteiger charge is 2.36. The molecule has 0 N–H and O–H groups in total. The molecule has 1 atom stereocenters. The van der Waals surface area contributed by atoms with Gasteiger partial charge in [-0.3, -0.25) is 4.79 Å². The zero-order chi connectivity index (χ0) is 20.3. The van der Waals surface area contributed by atoms with E-state index in [2.05, 4.69) is 6.92 Å². The Bertz CT molecular complexity index is 945. The first-order valence-electron chi connectivity index (χ1n) is 9.46. The van der Waals surface area contributed by atoms with Gasteiger partial charge in [0.05, 0.1) is 17.1 Å². The molecule has 1 aliphatic rings. The van der Waals surface area contributed by atoms with Crippen LogP contribution in [-0.2, 0) is 4.74 Å². The van der Waals surface area contributed by atoms with Crippen LogP contribution in [0.1, 0.15) is 61.2 Å². The second-order valence-electron chi connectivity index (χ2n) is 6.79. The minimum atomic E-state index is -1.19. The molecule has 0 saturated carbocycles. The van der Waals surface area contributed by atoms with E-state index in [4.69, 9.17) is 4.74 Å². The van der Waals surface area contributed by atoms with Gasteiger partial charge in [0.25, 0.3) is 0 Å². The topological polar surface area (TPSA) is 48.3 Å². The number of unbranched alkanes of at least 4 members (excludes halogenated alkanes) is 5. The molecule has 1 aliphatic heterocycles. The van der Waals surface area contributed by atoms with Crippen LogP contribution < -0.4 is 5.43 Å². The van der Waals surface area contributed by atoms with E-state index in [-0.39, 0.29) is 28.1 Å². The number of carbonyl (C=O) groups is 1. The molecule has 3 rings (SSSR count). The molecule has 0 spiro atoms. The number of pyridine rings is 1. The van der Waals surface area contributed by atoms with Crippen molar-refractivity contribution in [3.05, 3.63) is 39.6 Å². The predicted octanol–water partition coefficient (Wildman–Crippen LogP) is 5.37. The van der Waals surface area contributed by atoms with Crippen molar-refractivity contribution in [3.63, 3.8) is 0 Å². The largest absolute Gasteiger partial charge is 0.462 e. The SMILES string of the molecule is CCCCCCCCOC(=O)c1c2n(c3cc(F)c(F)cc3c1=O)C(CF)S2. The minimum absolute atomic E-state index is 0.0766. The lowest BCUT2D eigenvalue weighted by molar-refractivity contribution is 0.0489. The Morgan fingerprint density at radius 2 is 1.82 bits per heavy atom. The number of carbonyl (C=O) groups excluding carboxylic acids is 1. The number of aromatic nitrogens is 1. The number of hydrogen-bond donors (Lipinski definition) is 0. The number of halogens is 3. The van der Waals surface area contributed by atoms with Crippen LogP contribution in [0.2, 0.25) is 0 Å². The molecule has 28 heavy (non-hydrogen) atoms. The summed E-state index contributed by atoms with van der Waals surface area (Å²) in [6, 6.07) is 1.62. The lowest BCUT2D eigenvalue weighted by Crippen LogP contribution is -2.31. The van der Waals surface area contributed by atoms with Gasteiger partial charge in [-0.2, -0.15) is 0 Å². The van der Waals surface area contributed by atoms with E-state index >= 15 is 0 Å². The lowest BCUT2D eigenvalue weighted by atomic mass is 10.1. The first kappa shape index (κ1) is 20.8. The van der Waals surface area contributed by atoms with Crippen LogP contribution in [0, 0.1) is 11.6 Å². The summed E-state index contributed by atoms with van der Waals surface area (Å²) in [6.45, 7) is 1.54. The molecule has 1 unspecified atom stereocenters.